The second-order valence-electron chi connectivity index (χ2n) is 5.46. The Kier molecular flexibility index (Phi) is 4.10. The van der Waals surface area contributed by atoms with Crippen LogP contribution >= 0.6 is 0 Å². The Balaban J connectivity index is 1.94. The first-order valence-electron chi connectivity index (χ1n) is 6.77. The van der Waals surface area contributed by atoms with Gasteiger partial charge in [-0.3, -0.25) is 0 Å². The minimum Gasteiger partial charge on any atom is -0.315 e. The number of rotatable bonds is 6. The van der Waals surface area contributed by atoms with Crippen molar-refractivity contribution in [3.8, 4) is 0 Å². The normalized spacial score (nSPS) is 30.9. The van der Waals surface area contributed by atoms with Gasteiger partial charge in [-0.1, -0.05) is 6.92 Å². The van der Waals surface area contributed by atoms with E-state index in [1.165, 1.54) is 6.42 Å². The summed E-state index contributed by atoms with van der Waals surface area (Å²) < 4.78 is 26.6. The van der Waals surface area contributed by atoms with Crippen molar-refractivity contribution in [1.82, 2.24) is 9.62 Å². The van der Waals surface area contributed by atoms with Crippen LogP contribution in [-0.2, 0) is 10.0 Å². The minimum absolute atomic E-state index is 0.298. The molecule has 100 valence electrons. The summed E-state index contributed by atoms with van der Waals surface area (Å²) in [6.07, 6.45) is 4.42. The lowest BCUT2D eigenvalue weighted by Gasteiger charge is -2.29. The maximum absolute atomic E-state index is 12.4. The van der Waals surface area contributed by atoms with Crippen LogP contribution in [0.5, 0.6) is 0 Å². The number of nitrogens with one attached hydrogen (secondary N) is 1. The molecule has 2 fully saturated rings. The number of sulfonamides is 1. The Morgan fingerprint density at radius 2 is 2.18 bits per heavy atom. The van der Waals surface area contributed by atoms with Crippen LogP contribution in [0.2, 0.25) is 0 Å². The van der Waals surface area contributed by atoms with E-state index in [9.17, 15) is 8.42 Å². The molecule has 1 saturated carbocycles. The molecule has 0 radical (unpaired) electrons. The van der Waals surface area contributed by atoms with Crippen molar-refractivity contribution in [3.05, 3.63) is 0 Å². The van der Waals surface area contributed by atoms with Gasteiger partial charge in [-0.15, -0.1) is 0 Å². The van der Waals surface area contributed by atoms with Gasteiger partial charge in [0.15, 0.2) is 0 Å². The van der Waals surface area contributed by atoms with Crippen molar-refractivity contribution < 1.29 is 8.42 Å². The highest BCUT2D eigenvalue weighted by atomic mass is 32.2. The zero-order valence-corrected chi connectivity index (χ0v) is 11.7. The minimum atomic E-state index is -3.08. The molecule has 2 aliphatic rings. The molecule has 3 unspecified atom stereocenters. The molecular weight excluding hydrogens is 236 g/mol. The largest absolute Gasteiger partial charge is 0.315 e. The van der Waals surface area contributed by atoms with E-state index < -0.39 is 10.0 Å². The van der Waals surface area contributed by atoms with Crippen molar-refractivity contribution in [2.75, 3.05) is 19.6 Å². The Bertz CT molecular complexity index is 356. The second-order valence-corrected chi connectivity index (χ2v) is 7.77. The lowest BCUT2D eigenvalue weighted by atomic mass is 10.1. The quantitative estimate of drug-likeness (QED) is 0.730. The topological polar surface area (TPSA) is 49.4 Å². The Hall–Kier alpha value is -0.130. The molecule has 0 spiro atoms. The van der Waals surface area contributed by atoms with Crippen molar-refractivity contribution in [3.63, 3.8) is 0 Å². The fourth-order valence-electron chi connectivity index (χ4n) is 3.01. The maximum Gasteiger partial charge on any atom is 0.218 e. The van der Waals surface area contributed by atoms with Crippen LogP contribution in [0, 0.1) is 5.92 Å². The summed E-state index contributed by atoms with van der Waals surface area (Å²) >= 11 is 0. The van der Waals surface area contributed by atoms with Crippen molar-refractivity contribution in [1.29, 1.82) is 0 Å². The summed E-state index contributed by atoms with van der Waals surface area (Å²) in [7, 11) is -3.08. The van der Waals surface area contributed by atoms with Gasteiger partial charge in [0.05, 0.1) is 5.25 Å². The zero-order chi connectivity index (χ0) is 12.5. The monoisotopic (exact) mass is 260 g/mol. The third-order valence-corrected chi connectivity index (χ3v) is 6.34. The lowest BCUT2D eigenvalue weighted by molar-refractivity contribution is 0.329. The number of hydrogen-bond acceptors (Lipinski definition) is 3. The smallest absolute Gasteiger partial charge is 0.218 e. The molecule has 0 amide bonds. The first-order chi connectivity index (χ1) is 8.05. The molecule has 0 aromatic heterocycles. The molecule has 4 nitrogen and oxygen atoms in total. The molecule has 2 rings (SSSR count). The van der Waals surface area contributed by atoms with E-state index in [-0.39, 0.29) is 5.25 Å². The zero-order valence-electron chi connectivity index (χ0n) is 10.9. The number of piperidine rings is 1. The van der Waals surface area contributed by atoms with Gasteiger partial charge < -0.3 is 5.32 Å². The highest BCUT2D eigenvalue weighted by Crippen LogP contribution is 2.39. The summed E-state index contributed by atoms with van der Waals surface area (Å²) in [6, 6.07) is 0.304. The van der Waals surface area contributed by atoms with Gasteiger partial charge in [0, 0.05) is 19.1 Å². The predicted octanol–water partition coefficient (Wildman–Crippen LogP) is 1.19. The average molecular weight is 260 g/mol. The number of fused-ring (bicyclic) bond motifs is 2. The van der Waals surface area contributed by atoms with Gasteiger partial charge >= 0.3 is 0 Å². The first kappa shape index (κ1) is 13.3. The molecular formula is C12H24N2O2S. The molecule has 1 N–H and O–H groups in total. The standard InChI is InChI=1S/C12H24N2O2S/c1-3-6-13-8-10(2)17(15,16)14-9-11-4-5-12(14)7-11/h10-13H,3-9H2,1-2H3. The van der Waals surface area contributed by atoms with Gasteiger partial charge in [-0.05, 0) is 45.1 Å². The van der Waals surface area contributed by atoms with Crippen molar-refractivity contribution >= 4 is 10.0 Å². The number of hydrogen-bond donors (Lipinski definition) is 1. The molecule has 3 atom stereocenters. The fourth-order valence-corrected chi connectivity index (χ4v) is 4.83. The average Bonchev–Trinajstić information content (AvgIpc) is 2.91. The van der Waals surface area contributed by atoms with E-state index >= 15 is 0 Å². The van der Waals surface area contributed by atoms with Crippen LogP contribution in [0.15, 0.2) is 0 Å². The Morgan fingerprint density at radius 1 is 1.41 bits per heavy atom. The first-order valence-corrected chi connectivity index (χ1v) is 8.27. The molecule has 1 saturated heterocycles. The number of nitrogens with zero attached hydrogens (tertiary/aromatic N) is 1. The van der Waals surface area contributed by atoms with Gasteiger partial charge in [-0.25, -0.2) is 8.42 Å². The highest BCUT2D eigenvalue weighted by Gasteiger charge is 2.45. The van der Waals surface area contributed by atoms with E-state index in [1.807, 2.05) is 6.92 Å². The van der Waals surface area contributed by atoms with Crippen LogP contribution in [0.4, 0.5) is 0 Å². The Morgan fingerprint density at radius 3 is 2.71 bits per heavy atom. The molecule has 1 aliphatic carbocycles. The Labute approximate surface area is 105 Å². The van der Waals surface area contributed by atoms with Gasteiger partial charge in [0.2, 0.25) is 10.0 Å². The SMILES string of the molecule is CCCNCC(C)S(=O)(=O)N1CC2CCC1C2. The van der Waals surface area contributed by atoms with Crippen LogP contribution in [0.3, 0.4) is 0 Å². The van der Waals surface area contributed by atoms with Crippen LogP contribution < -0.4 is 5.32 Å². The van der Waals surface area contributed by atoms with Gasteiger partial charge in [-0.2, -0.15) is 4.31 Å². The molecule has 5 heteroatoms. The van der Waals surface area contributed by atoms with E-state index in [1.54, 1.807) is 4.31 Å². The van der Waals surface area contributed by atoms with E-state index in [0.29, 0.717) is 18.5 Å². The molecule has 1 heterocycles. The van der Waals surface area contributed by atoms with Crippen LogP contribution in [0.25, 0.3) is 0 Å². The van der Waals surface area contributed by atoms with Crippen LogP contribution in [0.1, 0.15) is 39.5 Å². The predicted molar refractivity (Wildman–Crippen MR) is 69.4 cm³/mol. The summed E-state index contributed by atoms with van der Waals surface area (Å²) in [5, 5.41) is 2.90. The van der Waals surface area contributed by atoms with Crippen molar-refractivity contribution in [2.24, 2.45) is 5.92 Å². The third-order valence-electron chi connectivity index (χ3n) is 4.05. The van der Waals surface area contributed by atoms with Crippen LogP contribution in [-0.4, -0.2) is 43.6 Å². The third kappa shape index (κ3) is 2.66. The summed E-state index contributed by atoms with van der Waals surface area (Å²) in [6.45, 7) is 6.15. The molecule has 0 aromatic carbocycles. The van der Waals surface area contributed by atoms with E-state index in [0.717, 1.165) is 32.4 Å². The molecule has 1 aliphatic heterocycles. The summed E-state index contributed by atoms with van der Waals surface area (Å²) in [5.41, 5.74) is 0. The van der Waals surface area contributed by atoms with E-state index in [2.05, 4.69) is 12.2 Å². The van der Waals surface area contributed by atoms with Crippen molar-refractivity contribution in [2.45, 2.75) is 50.8 Å². The second kappa shape index (κ2) is 5.24. The summed E-state index contributed by atoms with van der Waals surface area (Å²) in [5.74, 6) is 0.630. The highest BCUT2D eigenvalue weighted by molar-refractivity contribution is 7.89. The lowest BCUT2D eigenvalue weighted by Crippen LogP contribution is -2.45. The fraction of sp³-hybridized carbons (Fsp3) is 1.00. The molecule has 2 bridgehead atoms. The van der Waals surface area contributed by atoms with Gasteiger partial charge in [0.25, 0.3) is 0 Å². The maximum atomic E-state index is 12.4. The molecule has 0 aromatic rings. The molecule has 17 heavy (non-hydrogen) atoms. The summed E-state index contributed by atoms with van der Waals surface area (Å²) in [4.78, 5) is 0. The van der Waals surface area contributed by atoms with E-state index in [4.69, 9.17) is 0 Å². The van der Waals surface area contributed by atoms with Gasteiger partial charge in [0.1, 0.15) is 0 Å².